The molecule has 2 rings (SSSR count). The Bertz CT molecular complexity index is 481. The standard InChI is InChI=1S/C14H11Br3/c15-8-10-5-11(9-16)7-13(6-10)12-1-3-14(17)4-2-12/h1-7H,8-9H2. The molecule has 0 aromatic heterocycles. The highest BCUT2D eigenvalue weighted by atomic mass is 79.9. The summed E-state index contributed by atoms with van der Waals surface area (Å²) in [5, 5.41) is 1.77. The minimum absolute atomic E-state index is 0.886. The number of hydrogen-bond acceptors (Lipinski definition) is 0. The van der Waals surface area contributed by atoms with Crippen LogP contribution in [0.25, 0.3) is 11.1 Å². The topological polar surface area (TPSA) is 0 Å². The van der Waals surface area contributed by atoms with Crippen LogP contribution in [0.15, 0.2) is 46.9 Å². The molecule has 17 heavy (non-hydrogen) atoms. The van der Waals surface area contributed by atoms with Gasteiger partial charge in [0.05, 0.1) is 0 Å². The van der Waals surface area contributed by atoms with E-state index in [-0.39, 0.29) is 0 Å². The van der Waals surface area contributed by atoms with Crippen LogP contribution >= 0.6 is 47.8 Å². The third-order valence-electron chi connectivity index (χ3n) is 2.54. The molecule has 0 nitrogen and oxygen atoms in total. The van der Waals surface area contributed by atoms with E-state index in [2.05, 4.69) is 90.3 Å². The van der Waals surface area contributed by atoms with Gasteiger partial charge < -0.3 is 0 Å². The van der Waals surface area contributed by atoms with Crippen LogP contribution in [-0.4, -0.2) is 0 Å². The van der Waals surface area contributed by atoms with E-state index >= 15 is 0 Å². The van der Waals surface area contributed by atoms with Gasteiger partial charge in [-0.25, -0.2) is 0 Å². The molecule has 0 aliphatic heterocycles. The molecule has 0 bridgehead atoms. The largest absolute Gasteiger partial charge is 0.0876 e. The molecule has 0 saturated carbocycles. The van der Waals surface area contributed by atoms with Crippen molar-refractivity contribution in [1.29, 1.82) is 0 Å². The summed E-state index contributed by atoms with van der Waals surface area (Å²) in [6.07, 6.45) is 0. The van der Waals surface area contributed by atoms with Gasteiger partial charge in [-0.15, -0.1) is 0 Å². The summed E-state index contributed by atoms with van der Waals surface area (Å²) in [6.45, 7) is 0. The lowest BCUT2D eigenvalue weighted by molar-refractivity contribution is 1.35. The first-order valence-electron chi connectivity index (χ1n) is 5.23. The smallest absolute Gasteiger partial charge is 0.0283 e. The monoisotopic (exact) mass is 416 g/mol. The van der Waals surface area contributed by atoms with Gasteiger partial charge in [0.1, 0.15) is 0 Å². The zero-order valence-corrected chi connectivity index (χ0v) is 13.8. The first kappa shape index (κ1) is 13.3. The maximum Gasteiger partial charge on any atom is 0.0283 e. The SMILES string of the molecule is BrCc1cc(CBr)cc(-c2ccc(Br)cc2)c1. The molecule has 88 valence electrons. The highest BCUT2D eigenvalue weighted by Crippen LogP contribution is 2.26. The normalized spacial score (nSPS) is 10.5. The Morgan fingerprint density at radius 2 is 1.24 bits per heavy atom. The predicted molar refractivity (Wildman–Crippen MR) is 84.8 cm³/mol. The van der Waals surface area contributed by atoms with Gasteiger partial charge in [0, 0.05) is 15.1 Å². The third-order valence-corrected chi connectivity index (χ3v) is 4.36. The van der Waals surface area contributed by atoms with Gasteiger partial charge in [-0.3, -0.25) is 0 Å². The van der Waals surface area contributed by atoms with E-state index in [9.17, 15) is 0 Å². The van der Waals surface area contributed by atoms with Crippen LogP contribution in [0.1, 0.15) is 11.1 Å². The zero-order valence-electron chi connectivity index (χ0n) is 9.09. The molecule has 0 aliphatic carbocycles. The van der Waals surface area contributed by atoms with E-state index in [4.69, 9.17) is 0 Å². The number of hydrogen-bond donors (Lipinski definition) is 0. The molecule has 2 aromatic rings. The lowest BCUT2D eigenvalue weighted by atomic mass is 10.0. The average Bonchev–Trinajstić information content (AvgIpc) is 2.39. The summed E-state index contributed by atoms with van der Waals surface area (Å²) in [6, 6.07) is 15.1. The van der Waals surface area contributed by atoms with Crippen LogP contribution in [0.5, 0.6) is 0 Å². The van der Waals surface area contributed by atoms with Gasteiger partial charge >= 0.3 is 0 Å². The lowest BCUT2D eigenvalue weighted by Crippen LogP contribution is -1.86. The molecule has 0 N–H and O–H groups in total. The Kier molecular flexibility index (Phi) is 4.83. The van der Waals surface area contributed by atoms with Gasteiger partial charge in [-0.1, -0.05) is 78.1 Å². The van der Waals surface area contributed by atoms with Crippen molar-refractivity contribution in [3.63, 3.8) is 0 Å². The maximum absolute atomic E-state index is 3.52. The second-order valence-electron chi connectivity index (χ2n) is 3.81. The highest BCUT2D eigenvalue weighted by molar-refractivity contribution is 9.10. The lowest BCUT2D eigenvalue weighted by Gasteiger charge is -2.07. The van der Waals surface area contributed by atoms with Gasteiger partial charge in [0.25, 0.3) is 0 Å². The fourth-order valence-corrected chi connectivity index (χ4v) is 2.64. The Morgan fingerprint density at radius 3 is 1.71 bits per heavy atom. The number of halogens is 3. The summed E-state index contributed by atoms with van der Waals surface area (Å²) >= 11 is 10.5. The number of alkyl halides is 2. The van der Waals surface area contributed by atoms with E-state index in [0.29, 0.717) is 0 Å². The molecule has 0 fully saturated rings. The third kappa shape index (κ3) is 3.43. The summed E-state index contributed by atoms with van der Waals surface area (Å²) in [5.41, 5.74) is 5.13. The summed E-state index contributed by atoms with van der Waals surface area (Å²) in [5.74, 6) is 0. The minimum Gasteiger partial charge on any atom is -0.0876 e. The highest BCUT2D eigenvalue weighted by Gasteiger charge is 2.02. The molecule has 3 heteroatoms. The van der Waals surface area contributed by atoms with E-state index < -0.39 is 0 Å². The molecule has 0 radical (unpaired) electrons. The van der Waals surface area contributed by atoms with Crippen molar-refractivity contribution >= 4 is 47.8 Å². The van der Waals surface area contributed by atoms with Gasteiger partial charge in [-0.05, 0) is 34.4 Å². The van der Waals surface area contributed by atoms with Crippen molar-refractivity contribution in [2.45, 2.75) is 10.7 Å². The maximum atomic E-state index is 3.52. The predicted octanol–water partition coefficient (Wildman–Crippen LogP) is 5.91. The van der Waals surface area contributed by atoms with Crippen molar-refractivity contribution in [3.05, 3.63) is 58.1 Å². The van der Waals surface area contributed by atoms with E-state index in [1.54, 1.807) is 0 Å². The fraction of sp³-hybridized carbons (Fsp3) is 0.143. The van der Waals surface area contributed by atoms with Crippen molar-refractivity contribution < 1.29 is 0 Å². The molecule has 0 atom stereocenters. The number of benzene rings is 2. The van der Waals surface area contributed by atoms with Gasteiger partial charge in [0.15, 0.2) is 0 Å². The van der Waals surface area contributed by atoms with E-state index in [1.807, 2.05) is 0 Å². The van der Waals surface area contributed by atoms with Gasteiger partial charge in [0.2, 0.25) is 0 Å². The van der Waals surface area contributed by atoms with Crippen LogP contribution in [0, 0.1) is 0 Å². The first-order valence-corrected chi connectivity index (χ1v) is 8.27. The van der Waals surface area contributed by atoms with Gasteiger partial charge in [-0.2, -0.15) is 0 Å². The van der Waals surface area contributed by atoms with Crippen LogP contribution in [0.3, 0.4) is 0 Å². The second-order valence-corrected chi connectivity index (χ2v) is 5.85. The second kappa shape index (κ2) is 6.17. The van der Waals surface area contributed by atoms with Crippen molar-refractivity contribution in [3.8, 4) is 11.1 Å². The molecule has 0 aliphatic rings. The molecule has 0 saturated heterocycles. The summed E-state index contributed by atoms with van der Waals surface area (Å²) in [7, 11) is 0. The summed E-state index contributed by atoms with van der Waals surface area (Å²) in [4.78, 5) is 0. The minimum atomic E-state index is 0.886. The van der Waals surface area contributed by atoms with Crippen molar-refractivity contribution in [2.75, 3.05) is 0 Å². The zero-order chi connectivity index (χ0) is 12.3. The molecule has 0 spiro atoms. The number of rotatable bonds is 3. The van der Waals surface area contributed by atoms with E-state index in [0.717, 1.165) is 15.1 Å². The van der Waals surface area contributed by atoms with Crippen LogP contribution in [-0.2, 0) is 10.7 Å². The Hall–Kier alpha value is -0.120. The Labute approximate surface area is 127 Å². The van der Waals surface area contributed by atoms with Crippen molar-refractivity contribution in [2.24, 2.45) is 0 Å². The fourth-order valence-electron chi connectivity index (χ4n) is 1.73. The Morgan fingerprint density at radius 1 is 0.706 bits per heavy atom. The van der Waals surface area contributed by atoms with Crippen molar-refractivity contribution in [1.82, 2.24) is 0 Å². The average molecular weight is 419 g/mol. The molecule has 0 heterocycles. The molecule has 0 unspecified atom stereocenters. The first-order chi connectivity index (χ1) is 8.22. The van der Waals surface area contributed by atoms with E-state index in [1.165, 1.54) is 22.3 Å². The van der Waals surface area contributed by atoms with Crippen LogP contribution in [0.2, 0.25) is 0 Å². The van der Waals surface area contributed by atoms with Crippen LogP contribution in [0.4, 0.5) is 0 Å². The molecular formula is C14H11Br3. The molecule has 2 aromatic carbocycles. The molecule has 0 amide bonds. The molecular weight excluding hydrogens is 408 g/mol. The Balaban J connectivity index is 2.46. The quantitative estimate of drug-likeness (QED) is 0.544. The van der Waals surface area contributed by atoms with Crippen LogP contribution < -0.4 is 0 Å². The summed E-state index contributed by atoms with van der Waals surface area (Å²) < 4.78 is 1.11.